The number of carbonyl (C=O) groups excluding carboxylic acids is 1. The number of likely N-dealkylation sites (tertiary alicyclic amines) is 1. The van der Waals surface area contributed by atoms with E-state index in [-0.39, 0.29) is 11.8 Å². The van der Waals surface area contributed by atoms with Gasteiger partial charge in [-0.15, -0.1) is 0 Å². The lowest BCUT2D eigenvalue weighted by molar-refractivity contribution is 0.0705. The number of aromatic nitrogens is 5. The lowest BCUT2D eigenvalue weighted by Crippen LogP contribution is -2.39. The summed E-state index contributed by atoms with van der Waals surface area (Å²) in [5, 5.41) is 0. The van der Waals surface area contributed by atoms with Gasteiger partial charge >= 0.3 is 0 Å². The normalized spacial score (nSPS) is 17.1. The predicted octanol–water partition coefficient (Wildman–Crippen LogP) is 2.60. The Bertz CT molecular complexity index is 952. The Hall–Kier alpha value is -3.09. The molecule has 1 aliphatic heterocycles. The number of piperidine rings is 1. The third-order valence-corrected chi connectivity index (χ3v) is 5.19. The maximum atomic E-state index is 12.8. The second-order valence-corrected chi connectivity index (χ2v) is 6.87. The van der Waals surface area contributed by atoms with Gasteiger partial charge in [-0.2, -0.15) is 0 Å². The van der Waals surface area contributed by atoms with E-state index in [1.165, 1.54) is 0 Å². The molecule has 7 nitrogen and oxygen atoms in total. The second kappa shape index (κ2) is 7.26. The van der Waals surface area contributed by atoms with E-state index < -0.39 is 0 Å². The van der Waals surface area contributed by atoms with Crippen LogP contribution < -0.4 is 0 Å². The average molecular weight is 362 g/mol. The zero-order valence-electron chi connectivity index (χ0n) is 15.5. The number of rotatable bonds is 3. The molecular formula is C20H22N6O. The Labute approximate surface area is 158 Å². The molecule has 0 radical (unpaired) electrons. The second-order valence-electron chi connectivity index (χ2n) is 6.87. The Balaban J connectivity index is 1.63. The minimum Gasteiger partial charge on any atom is -0.338 e. The molecule has 27 heavy (non-hydrogen) atoms. The van der Waals surface area contributed by atoms with Crippen LogP contribution in [0.4, 0.5) is 0 Å². The van der Waals surface area contributed by atoms with Crippen molar-refractivity contribution in [2.24, 2.45) is 7.05 Å². The molecule has 3 aromatic rings. The van der Waals surface area contributed by atoms with Crippen LogP contribution in [0.25, 0.3) is 11.4 Å². The maximum Gasteiger partial charge on any atom is 0.255 e. The molecule has 0 N–H and O–H groups in total. The maximum absolute atomic E-state index is 12.8. The summed E-state index contributed by atoms with van der Waals surface area (Å²) in [7, 11) is 1.98. The number of carbonyl (C=O) groups is 1. The van der Waals surface area contributed by atoms with Crippen molar-refractivity contribution in [2.45, 2.75) is 25.7 Å². The lowest BCUT2D eigenvalue weighted by Gasteiger charge is -2.33. The van der Waals surface area contributed by atoms with Crippen LogP contribution in [0.3, 0.4) is 0 Å². The first-order valence-corrected chi connectivity index (χ1v) is 9.14. The third kappa shape index (κ3) is 3.32. The van der Waals surface area contributed by atoms with Crippen molar-refractivity contribution in [3.8, 4) is 11.4 Å². The minimum atomic E-state index is 0.0228. The van der Waals surface area contributed by atoms with E-state index in [9.17, 15) is 4.79 Å². The molecule has 1 fully saturated rings. The van der Waals surface area contributed by atoms with Gasteiger partial charge in [0.05, 0.1) is 23.1 Å². The highest BCUT2D eigenvalue weighted by Crippen LogP contribution is 2.32. The minimum absolute atomic E-state index is 0.0228. The molecule has 1 saturated heterocycles. The van der Waals surface area contributed by atoms with E-state index in [1.54, 1.807) is 30.9 Å². The Morgan fingerprint density at radius 2 is 2.00 bits per heavy atom. The average Bonchev–Trinajstić information content (AvgIpc) is 3.06. The van der Waals surface area contributed by atoms with Crippen LogP contribution in [0.5, 0.6) is 0 Å². The first kappa shape index (κ1) is 17.3. The van der Waals surface area contributed by atoms with Gasteiger partial charge in [0.25, 0.3) is 5.91 Å². The number of hydrogen-bond acceptors (Lipinski definition) is 5. The number of aryl methyl sites for hydroxylation is 1. The predicted molar refractivity (Wildman–Crippen MR) is 101 cm³/mol. The first-order chi connectivity index (χ1) is 13.1. The van der Waals surface area contributed by atoms with Crippen LogP contribution in [0.2, 0.25) is 0 Å². The highest BCUT2D eigenvalue weighted by Gasteiger charge is 2.29. The fraction of sp³-hybridized carbons (Fsp3) is 0.350. The number of imidazole rings is 1. The zero-order chi connectivity index (χ0) is 18.8. The van der Waals surface area contributed by atoms with Crippen LogP contribution >= 0.6 is 0 Å². The van der Waals surface area contributed by atoms with Gasteiger partial charge in [0, 0.05) is 50.8 Å². The van der Waals surface area contributed by atoms with E-state index in [0.717, 1.165) is 42.3 Å². The van der Waals surface area contributed by atoms with Gasteiger partial charge in [-0.1, -0.05) is 0 Å². The summed E-state index contributed by atoms with van der Waals surface area (Å²) in [5.41, 5.74) is 3.36. The monoisotopic (exact) mass is 362 g/mol. The molecule has 1 amide bonds. The standard InChI is InChI=1S/C20H22N6O/c1-14-24-12-17(25(14)2)19-18(22-8-9-23-19)16-6-4-10-26(13-16)20(27)15-5-3-7-21-11-15/h3,5,7-9,11-12,16H,4,6,10,13H2,1-2H3/t16-/m0/s1. The highest BCUT2D eigenvalue weighted by atomic mass is 16.2. The molecule has 0 aliphatic carbocycles. The van der Waals surface area contributed by atoms with Crippen LogP contribution in [-0.2, 0) is 7.05 Å². The molecule has 138 valence electrons. The van der Waals surface area contributed by atoms with Crippen LogP contribution in [0, 0.1) is 6.92 Å². The summed E-state index contributed by atoms with van der Waals surface area (Å²) in [4.78, 5) is 32.4. The molecule has 4 heterocycles. The largest absolute Gasteiger partial charge is 0.338 e. The van der Waals surface area contributed by atoms with Gasteiger partial charge < -0.3 is 9.47 Å². The molecule has 0 aromatic carbocycles. The summed E-state index contributed by atoms with van der Waals surface area (Å²) < 4.78 is 2.02. The molecule has 0 unspecified atom stereocenters. The van der Waals surface area contributed by atoms with Crippen molar-refractivity contribution < 1.29 is 4.79 Å². The molecule has 1 atom stereocenters. The lowest BCUT2D eigenvalue weighted by atomic mass is 9.92. The molecule has 0 bridgehead atoms. The topological polar surface area (TPSA) is 76.8 Å². The van der Waals surface area contributed by atoms with E-state index in [0.29, 0.717) is 12.1 Å². The zero-order valence-corrected chi connectivity index (χ0v) is 15.5. The summed E-state index contributed by atoms with van der Waals surface area (Å²) in [5.74, 6) is 1.10. The Morgan fingerprint density at radius 1 is 1.15 bits per heavy atom. The highest BCUT2D eigenvalue weighted by molar-refractivity contribution is 5.94. The SMILES string of the molecule is Cc1ncc(-c2nccnc2[C@H]2CCCN(C(=O)c3cccnc3)C2)n1C. The fourth-order valence-electron chi connectivity index (χ4n) is 3.62. The smallest absolute Gasteiger partial charge is 0.255 e. The molecule has 7 heteroatoms. The number of nitrogens with zero attached hydrogens (tertiary/aromatic N) is 6. The molecule has 3 aromatic heterocycles. The molecule has 0 spiro atoms. The van der Waals surface area contributed by atoms with Crippen molar-refractivity contribution in [3.05, 3.63) is 60.2 Å². The fourth-order valence-corrected chi connectivity index (χ4v) is 3.62. The Kier molecular flexibility index (Phi) is 4.66. The summed E-state index contributed by atoms with van der Waals surface area (Å²) in [6.07, 6.45) is 10.5. The van der Waals surface area contributed by atoms with Crippen molar-refractivity contribution >= 4 is 5.91 Å². The van der Waals surface area contributed by atoms with Gasteiger partial charge in [-0.3, -0.25) is 19.7 Å². The summed E-state index contributed by atoms with van der Waals surface area (Å²) in [6, 6.07) is 3.60. The summed E-state index contributed by atoms with van der Waals surface area (Å²) >= 11 is 0. The van der Waals surface area contributed by atoms with Gasteiger partial charge in [0.15, 0.2) is 0 Å². The number of hydrogen-bond donors (Lipinski definition) is 0. The first-order valence-electron chi connectivity index (χ1n) is 9.14. The van der Waals surface area contributed by atoms with E-state index in [1.807, 2.05) is 35.7 Å². The van der Waals surface area contributed by atoms with Gasteiger partial charge in [0.1, 0.15) is 11.5 Å². The van der Waals surface area contributed by atoms with Crippen molar-refractivity contribution in [1.29, 1.82) is 0 Å². The van der Waals surface area contributed by atoms with Crippen molar-refractivity contribution in [3.63, 3.8) is 0 Å². The number of pyridine rings is 1. The van der Waals surface area contributed by atoms with Gasteiger partial charge in [0.2, 0.25) is 0 Å². The van der Waals surface area contributed by atoms with Crippen LogP contribution in [0.1, 0.15) is 40.6 Å². The van der Waals surface area contributed by atoms with E-state index in [4.69, 9.17) is 0 Å². The Morgan fingerprint density at radius 3 is 2.74 bits per heavy atom. The van der Waals surface area contributed by atoms with Gasteiger partial charge in [-0.25, -0.2) is 4.98 Å². The summed E-state index contributed by atoms with van der Waals surface area (Å²) in [6.45, 7) is 3.36. The van der Waals surface area contributed by atoms with Crippen LogP contribution in [0.15, 0.2) is 43.1 Å². The van der Waals surface area contributed by atoms with Crippen LogP contribution in [-0.4, -0.2) is 48.4 Å². The molecule has 1 aliphatic rings. The third-order valence-electron chi connectivity index (χ3n) is 5.19. The molecule has 0 saturated carbocycles. The van der Waals surface area contributed by atoms with Gasteiger partial charge in [-0.05, 0) is 31.9 Å². The molecule has 4 rings (SSSR count). The van der Waals surface area contributed by atoms with E-state index in [2.05, 4.69) is 19.9 Å². The van der Waals surface area contributed by atoms with Crippen molar-refractivity contribution in [1.82, 2.24) is 29.4 Å². The number of amides is 1. The van der Waals surface area contributed by atoms with Crippen molar-refractivity contribution in [2.75, 3.05) is 13.1 Å². The molecular weight excluding hydrogens is 340 g/mol. The van der Waals surface area contributed by atoms with E-state index >= 15 is 0 Å². The quantitative estimate of drug-likeness (QED) is 0.716.